The van der Waals surface area contributed by atoms with Gasteiger partial charge in [0.1, 0.15) is 5.82 Å². The van der Waals surface area contributed by atoms with Crippen molar-refractivity contribution >= 4 is 21.4 Å². The van der Waals surface area contributed by atoms with E-state index in [9.17, 15) is 12.8 Å². The molecule has 0 amide bonds. The molecule has 0 unspecified atom stereocenters. The van der Waals surface area contributed by atoms with Crippen molar-refractivity contribution in [2.75, 3.05) is 13.1 Å². The molecule has 136 valence electrons. The molecule has 0 radical (unpaired) electrons. The second kappa shape index (κ2) is 7.53. The summed E-state index contributed by atoms with van der Waals surface area (Å²) < 4.78 is 41.0. The Bertz CT molecular complexity index is 823. The number of aryl methyl sites for hydroxylation is 2. The quantitative estimate of drug-likeness (QED) is 0.862. The SMILES string of the molecule is Cc1cc(S(=O)(=O)NC2CCN(Cc3ccc(F)cc3)CC2)c(C)s1. The number of nitrogens with zero attached hydrogens (tertiary/aromatic N) is 1. The number of halogens is 1. The topological polar surface area (TPSA) is 49.4 Å². The van der Waals surface area contributed by atoms with E-state index >= 15 is 0 Å². The van der Waals surface area contributed by atoms with Gasteiger partial charge >= 0.3 is 0 Å². The molecule has 2 aromatic rings. The largest absolute Gasteiger partial charge is 0.299 e. The van der Waals surface area contributed by atoms with Crippen molar-refractivity contribution in [1.29, 1.82) is 0 Å². The number of likely N-dealkylation sites (tertiary alicyclic amines) is 1. The molecule has 1 fully saturated rings. The summed E-state index contributed by atoms with van der Waals surface area (Å²) in [5.74, 6) is -0.226. The van der Waals surface area contributed by atoms with E-state index in [-0.39, 0.29) is 11.9 Å². The van der Waals surface area contributed by atoms with E-state index in [2.05, 4.69) is 9.62 Å². The maximum absolute atomic E-state index is 13.0. The van der Waals surface area contributed by atoms with Crippen LogP contribution >= 0.6 is 11.3 Å². The number of nitrogens with one attached hydrogen (secondary N) is 1. The summed E-state index contributed by atoms with van der Waals surface area (Å²) in [6.07, 6.45) is 1.56. The van der Waals surface area contributed by atoms with Crippen molar-refractivity contribution in [2.45, 2.75) is 44.2 Å². The van der Waals surface area contributed by atoms with Crippen LogP contribution in [-0.2, 0) is 16.6 Å². The maximum Gasteiger partial charge on any atom is 0.241 e. The molecule has 1 saturated heterocycles. The first-order chi connectivity index (χ1) is 11.8. The van der Waals surface area contributed by atoms with Crippen LogP contribution in [0.2, 0.25) is 0 Å². The normalized spacial score (nSPS) is 17.1. The smallest absolute Gasteiger partial charge is 0.241 e. The number of thiophene rings is 1. The number of rotatable bonds is 5. The van der Waals surface area contributed by atoms with Gasteiger partial charge in [-0.3, -0.25) is 4.90 Å². The van der Waals surface area contributed by atoms with Gasteiger partial charge in [-0.1, -0.05) is 12.1 Å². The zero-order valence-electron chi connectivity index (χ0n) is 14.5. The summed E-state index contributed by atoms with van der Waals surface area (Å²) in [4.78, 5) is 4.52. The third kappa shape index (κ3) is 4.67. The third-order valence-corrected chi connectivity index (χ3v) is 7.26. The van der Waals surface area contributed by atoms with E-state index in [0.717, 1.165) is 47.8 Å². The summed E-state index contributed by atoms with van der Waals surface area (Å²) >= 11 is 1.51. The lowest BCUT2D eigenvalue weighted by atomic mass is 10.1. The molecule has 7 heteroatoms. The van der Waals surface area contributed by atoms with Gasteiger partial charge in [0, 0.05) is 35.4 Å². The Kier molecular flexibility index (Phi) is 5.58. The summed E-state index contributed by atoms with van der Waals surface area (Å²) in [6.45, 7) is 6.18. The van der Waals surface area contributed by atoms with Crippen molar-refractivity contribution in [2.24, 2.45) is 0 Å². The number of sulfonamides is 1. The van der Waals surface area contributed by atoms with Crippen LogP contribution < -0.4 is 4.72 Å². The van der Waals surface area contributed by atoms with Crippen LogP contribution in [0.15, 0.2) is 35.2 Å². The van der Waals surface area contributed by atoms with Crippen LogP contribution in [0.4, 0.5) is 4.39 Å². The Hall–Kier alpha value is -1.28. The number of hydrogen-bond acceptors (Lipinski definition) is 4. The van der Waals surface area contributed by atoms with Crippen molar-refractivity contribution < 1.29 is 12.8 Å². The van der Waals surface area contributed by atoms with Crippen LogP contribution in [-0.4, -0.2) is 32.4 Å². The van der Waals surface area contributed by atoms with E-state index in [1.54, 1.807) is 18.2 Å². The first kappa shape index (κ1) is 18.5. The molecule has 1 aliphatic heterocycles. The first-order valence-corrected chi connectivity index (χ1v) is 10.7. The predicted octanol–water partition coefficient (Wildman–Crippen LogP) is 3.45. The standard InChI is InChI=1S/C18H23FN2O2S2/c1-13-11-18(14(2)24-13)25(22,23)20-17-7-9-21(10-8-17)12-15-3-5-16(19)6-4-15/h3-6,11,17,20H,7-10,12H2,1-2H3. The average Bonchev–Trinajstić information content (AvgIpc) is 2.91. The van der Waals surface area contributed by atoms with Crippen LogP contribution in [0.5, 0.6) is 0 Å². The van der Waals surface area contributed by atoms with Gasteiger partial charge in [0.25, 0.3) is 0 Å². The molecule has 0 atom stereocenters. The molecular formula is C18H23FN2O2S2. The molecule has 1 aliphatic rings. The summed E-state index contributed by atoms with van der Waals surface area (Å²) in [5.41, 5.74) is 1.07. The number of benzene rings is 1. The van der Waals surface area contributed by atoms with Gasteiger partial charge < -0.3 is 0 Å². The van der Waals surface area contributed by atoms with E-state index in [0.29, 0.717) is 4.90 Å². The monoisotopic (exact) mass is 382 g/mol. The highest BCUT2D eigenvalue weighted by Crippen LogP contribution is 2.26. The Labute approximate surface area is 152 Å². The summed E-state index contributed by atoms with van der Waals surface area (Å²) in [6, 6.07) is 8.25. The number of hydrogen-bond donors (Lipinski definition) is 1. The molecule has 1 N–H and O–H groups in total. The molecule has 3 rings (SSSR count). The Morgan fingerprint density at radius 3 is 2.40 bits per heavy atom. The second-order valence-corrected chi connectivity index (χ2v) is 9.72. The zero-order valence-corrected chi connectivity index (χ0v) is 16.1. The maximum atomic E-state index is 13.0. The highest BCUT2D eigenvalue weighted by atomic mass is 32.2. The fourth-order valence-electron chi connectivity index (χ4n) is 3.21. The van der Waals surface area contributed by atoms with E-state index < -0.39 is 10.0 Å². The molecule has 0 aliphatic carbocycles. The first-order valence-electron chi connectivity index (χ1n) is 8.39. The fraction of sp³-hybridized carbons (Fsp3) is 0.444. The van der Waals surface area contributed by atoms with E-state index in [1.165, 1.54) is 23.5 Å². The van der Waals surface area contributed by atoms with Gasteiger partial charge in [-0.15, -0.1) is 11.3 Å². The molecule has 1 aromatic heterocycles. The minimum absolute atomic E-state index is 0.0333. The third-order valence-electron chi connectivity index (χ3n) is 4.51. The van der Waals surface area contributed by atoms with Crippen LogP contribution in [0.25, 0.3) is 0 Å². The van der Waals surface area contributed by atoms with Crippen molar-refractivity contribution in [3.63, 3.8) is 0 Å². The Morgan fingerprint density at radius 2 is 1.84 bits per heavy atom. The van der Waals surface area contributed by atoms with Crippen molar-refractivity contribution in [3.8, 4) is 0 Å². The number of piperidine rings is 1. The van der Waals surface area contributed by atoms with Gasteiger partial charge in [0.15, 0.2) is 0 Å². The van der Waals surface area contributed by atoms with Gasteiger partial charge in [0.05, 0.1) is 4.90 Å². The van der Waals surface area contributed by atoms with Gasteiger partial charge in [-0.05, 0) is 50.5 Å². The van der Waals surface area contributed by atoms with E-state index in [4.69, 9.17) is 0 Å². The minimum Gasteiger partial charge on any atom is -0.299 e. The predicted molar refractivity (Wildman–Crippen MR) is 98.8 cm³/mol. The molecule has 1 aromatic carbocycles. The van der Waals surface area contributed by atoms with Crippen molar-refractivity contribution in [3.05, 3.63) is 51.5 Å². The molecule has 4 nitrogen and oxygen atoms in total. The lowest BCUT2D eigenvalue weighted by Gasteiger charge is -2.32. The molecule has 0 saturated carbocycles. The molecule has 25 heavy (non-hydrogen) atoms. The van der Waals surface area contributed by atoms with Crippen molar-refractivity contribution in [1.82, 2.24) is 9.62 Å². The zero-order chi connectivity index (χ0) is 18.0. The van der Waals surface area contributed by atoms with Crippen LogP contribution in [0, 0.1) is 19.7 Å². The second-order valence-electron chi connectivity index (χ2n) is 6.58. The fourth-order valence-corrected chi connectivity index (χ4v) is 6.07. The van der Waals surface area contributed by atoms with Gasteiger partial charge in [0.2, 0.25) is 10.0 Å². The average molecular weight is 383 g/mol. The lowest BCUT2D eigenvalue weighted by molar-refractivity contribution is 0.200. The Balaban J connectivity index is 1.55. The molecule has 0 bridgehead atoms. The molecule has 0 spiro atoms. The molecule has 2 heterocycles. The summed E-state index contributed by atoms with van der Waals surface area (Å²) in [7, 11) is -3.45. The van der Waals surface area contributed by atoms with Gasteiger partial charge in [-0.2, -0.15) is 0 Å². The summed E-state index contributed by atoms with van der Waals surface area (Å²) in [5, 5.41) is 0. The minimum atomic E-state index is -3.45. The van der Waals surface area contributed by atoms with E-state index in [1.807, 2.05) is 13.8 Å². The highest BCUT2D eigenvalue weighted by Gasteiger charge is 2.26. The van der Waals surface area contributed by atoms with Crippen LogP contribution in [0.3, 0.4) is 0 Å². The molecular weight excluding hydrogens is 359 g/mol. The van der Waals surface area contributed by atoms with Crippen LogP contribution in [0.1, 0.15) is 28.2 Å². The Morgan fingerprint density at radius 1 is 1.20 bits per heavy atom. The lowest BCUT2D eigenvalue weighted by Crippen LogP contribution is -2.44. The van der Waals surface area contributed by atoms with Gasteiger partial charge in [-0.25, -0.2) is 17.5 Å². The highest BCUT2D eigenvalue weighted by molar-refractivity contribution is 7.89.